The Labute approximate surface area is 194 Å². The molecule has 2 N–H and O–H groups in total. The molecule has 1 aliphatic carbocycles. The zero-order valence-electron chi connectivity index (χ0n) is 18.0. The van der Waals surface area contributed by atoms with Crippen LogP contribution in [0, 0.1) is 0 Å². The number of nitrogens with one attached hydrogen (secondary N) is 1. The molecule has 2 aromatic rings. The summed E-state index contributed by atoms with van der Waals surface area (Å²) >= 11 is 0. The summed E-state index contributed by atoms with van der Waals surface area (Å²) in [5.74, 6) is -0.660. The van der Waals surface area contributed by atoms with Gasteiger partial charge in [-0.2, -0.15) is 13.2 Å². The summed E-state index contributed by atoms with van der Waals surface area (Å²) in [4.78, 5) is 25.7. The fourth-order valence-electron chi connectivity index (χ4n) is 4.43. The van der Waals surface area contributed by atoms with Crippen molar-refractivity contribution in [3.8, 4) is 0 Å². The van der Waals surface area contributed by atoms with Crippen LogP contribution in [-0.2, 0) is 16.0 Å². The highest BCUT2D eigenvalue weighted by molar-refractivity contribution is 7.91. The molecular weight excluding hydrogens is 473 g/mol. The van der Waals surface area contributed by atoms with Crippen LogP contribution in [0.5, 0.6) is 0 Å². The van der Waals surface area contributed by atoms with Gasteiger partial charge in [0.15, 0.2) is 0 Å². The maximum atomic E-state index is 12.9. The predicted molar refractivity (Wildman–Crippen MR) is 119 cm³/mol. The highest BCUT2D eigenvalue weighted by Gasteiger charge is 2.48. The summed E-state index contributed by atoms with van der Waals surface area (Å²) in [7, 11) is -3.10. The first kappa shape index (κ1) is 24.1. The number of carbonyl (C=O) groups is 2. The maximum absolute atomic E-state index is 12.9. The van der Waals surface area contributed by atoms with E-state index >= 15 is 0 Å². The summed E-state index contributed by atoms with van der Waals surface area (Å²) in [5.41, 5.74) is 0.262. The number of alkyl halides is 3. The van der Waals surface area contributed by atoms with Gasteiger partial charge in [0.2, 0.25) is 0 Å². The minimum Gasteiger partial charge on any atom is -0.465 e. The molecule has 0 unspecified atom stereocenters. The Morgan fingerprint density at radius 2 is 1.68 bits per heavy atom. The predicted octanol–water partition coefficient (Wildman–Crippen LogP) is 4.37. The maximum Gasteiger partial charge on any atom is 0.416 e. The second-order valence-electron chi connectivity index (χ2n) is 8.64. The van der Waals surface area contributed by atoms with Crippen LogP contribution in [0.25, 0.3) is 0 Å². The number of benzene rings is 2. The van der Waals surface area contributed by atoms with Crippen LogP contribution in [0.15, 0.2) is 48.5 Å². The van der Waals surface area contributed by atoms with Crippen molar-refractivity contribution in [2.24, 2.45) is 0 Å². The first-order valence-electron chi connectivity index (χ1n) is 10.7. The van der Waals surface area contributed by atoms with Crippen molar-refractivity contribution in [2.45, 2.75) is 43.4 Å². The van der Waals surface area contributed by atoms with Gasteiger partial charge in [0, 0.05) is 29.3 Å². The molecule has 1 saturated carbocycles. The Morgan fingerprint density at radius 1 is 1.03 bits per heavy atom. The van der Waals surface area contributed by atoms with Gasteiger partial charge in [0.25, 0.3) is 5.91 Å². The van der Waals surface area contributed by atoms with Gasteiger partial charge in [-0.25, -0.2) is 13.2 Å². The molecule has 0 aromatic heterocycles. The Bertz CT molecular complexity index is 1180. The molecule has 2 aromatic carbocycles. The lowest BCUT2D eigenvalue weighted by molar-refractivity contribution is -0.137. The van der Waals surface area contributed by atoms with Crippen LogP contribution in [-0.4, -0.2) is 54.0 Å². The van der Waals surface area contributed by atoms with Crippen LogP contribution >= 0.6 is 0 Å². The van der Waals surface area contributed by atoms with Crippen LogP contribution in [0.3, 0.4) is 0 Å². The van der Waals surface area contributed by atoms with Crippen LogP contribution in [0.4, 0.5) is 23.7 Å². The molecule has 0 spiro atoms. The summed E-state index contributed by atoms with van der Waals surface area (Å²) < 4.78 is 61.9. The molecule has 1 saturated heterocycles. The smallest absolute Gasteiger partial charge is 0.416 e. The zero-order chi connectivity index (χ0) is 24.7. The number of carbonyl (C=O) groups excluding carboxylic acids is 1. The van der Waals surface area contributed by atoms with Crippen molar-refractivity contribution in [3.05, 3.63) is 65.2 Å². The van der Waals surface area contributed by atoms with Gasteiger partial charge in [-0.05, 0) is 55.2 Å². The summed E-state index contributed by atoms with van der Waals surface area (Å²) in [5, 5.41) is 12.2. The lowest BCUT2D eigenvalue weighted by Crippen LogP contribution is -2.45. The van der Waals surface area contributed by atoms with Crippen molar-refractivity contribution in [1.82, 2.24) is 4.90 Å². The first-order chi connectivity index (χ1) is 15.9. The van der Waals surface area contributed by atoms with E-state index in [0.717, 1.165) is 17.7 Å². The molecule has 2 atom stereocenters. The topological polar surface area (TPSA) is 104 Å². The van der Waals surface area contributed by atoms with E-state index in [-0.39, 0.29) is 53.6 Å². The number of amides is 2. The van der Waals surface area contributed by atoms with E-state index in [9.17, 15) is 36.3 Å². The van der Waals surface area contributed by atoms with Gasteiger partial charge < -0.3 is 15.3 Å². The van der Waals surface area contributed by atoms with E-state index in [0.29, 0.717) is 6.42 Å². The third-order valence-electron chi connectivity index (χ3n) is 6.30. The lowest BCUT2D eigenvalue weighted by atomic mass is 10.1. The average Bonchev–Trinajstić information content (AvgIpc) is 3.55. The number of nitrogens with zero attached hydrogens (tertiary/aromatic N) is 1. The Hall–Kier alpha value is -3.08. The molecule has 0 bridgehead atoms. The van der Waals surface area contributed by atoms with E-state index in [1.807, 2.05) is 0 Å². The molecule has 2 aliphatic rings. The van der Waals surface area contributed by atoms with Crippen molar-refractivity contribution >= 4 is 27.5 Å². The Kier molecular flexibility index (Phi) is 6.32. The van der Waals surface area contributed by atoms with Crippen molar-refractivity contribution < 1.29 is 36.3 Å². The zero-order valence-corrected chi connectivity index (χ0v) is 18.8. The third kappa shape index (κ3) is 5.35. The number of halogens is 3. The standard InChI is InChI=1S/C23H23F3N2O5S/c24-23(25,26)16-2-1-3-17(12-16)27-21(29)15-6-4-14(5-7-15)19-13-20(19)28(22(30)31)18-8-10-34(32,33)11-9-18/h1-7,12,18-20H,8-11,13H2,(H,27,29)(H,30,31)/t19-,20+/m0/s1. The van der Waals surface area contributed by atoms with E-state index in [4.69, 9.17) is 0 Å². The molecule has 4 rings (SSSR count). The highest BCUT2D eigenvalue weighted by Crippen LogP contribution is 2.46. The third-order valence-corrected chi connectivity index (χ3v) is 8.02. The molecular formula is C23H23F3N2O5S. The van der Waals surface area contributed by atoms with Crippen LogP contribution in [0.2, 0.25) is 0 Å². The highest BCUT2D eigenvalue weighted by atomic mass is 32.2. The summed E-state index contributed by atoms with van der Waals surface area (Å²) in [6.45, 7) is 0. The van der Waals surface area contributed by atoms with E-state index in [1.54, 1.807) is 24.3 Å². The largest absolute Gasteiger partial charge is 0.465 e. The van der Waals surface area contributed by atoms with Gasteiger partial charge in [0.05, 0.1) is 17.1 Å². The van der Waals surface area contributed by atoms with Gasteiger partial charge >= 0.3 is 12.3 Å². The number of anilines is 1. The number of sulfone groups is 1. The number of carboxylic acid groups (broad SMARTS) is 1. The monoisotopic (exact) mass is 496 g/mol. The van der Waals surface area contributed by atoms with E-state index in [1.165, 1.54) is 17.0 Å². The molecule has 1 heterocycles. The summed E-state index contributed by atoms with van der Waals surface area (Å²) in [6.07, 6.45) is -4.42. The lowest BCUT2D eigenvalue weighted by Gasteiger charge is -2.32. The molecule has 2 amide bonds. The first-order valence-corrected chi connectivity index (χ1v) is 12.6. The molecule has 1 aliphatic heterocycles. The molecule has 34 heavy (non-hydrogen) atoms. The number of hydrogen-bond donors (Lipinski definition) is 2. The summed E-state index contributed by atoms with van der Waals surface area (Å²) in [6, 6.07) is 10.3. The van der Waals surface area contributed by atoms with E-state index in [2.05, 4.69) is 5.32 Å². The Morgan fingerprint density at radius 3 is 2.26 bits per heavy atom. The van der Waals surface area contributed by atoms with Crippen LogP contribution in [0.1, 0.15) is 46.7 Å². The normalized spacial score (nSPS) is 22.1. The molecule has 11 heteroatoms. The minimum absolute atomic E-state index is 0.0193. The van der Waals surface area contributed by atoms with E-state index < -0.39 is 33.6 Å². The Balaban J connectivity index is 1.40. The quantitative estimate of drug-likeness (QED) is 0.640. The van der Waals surface area contributed by atoms with Crippen molar-refractivity contribution in [1.29, 1.82) is 0 Å². The molecule has 2 fully saturated rings. The fraction of sp³-hybridized carbons (Fsp3) is 0.391. The average molecular weight is 497 g/mol. The molecule has 182 valence electrons. The molecule has 7 nitrogen and oxygen atoms in total. The van der Waals surface area contributed by atoms with Gasteiger partial charge in [-0.3, -0.25) is 4.79 Å². The van der Waals surface area contributed by atoms with Gasteiger partial charge in [-0.1, -0.05) is 18.2 Å². The van der Waals surface area contributed by atoms with Gasteiger partial charge in [0.1, 0.15) is 9.84 Å². The second kappa shape index (κ2) is 8.94. The van der Waals surface area contributed by atoms with Gasteiger partial charge in [-0.15, -0.1) is 0 Å². The van der Waals surface area contributed by atoms with Crippen molar-refractivity contribution in [2.75, 3.05) is 16.8 Å². The van der Waals surface area contributed by atoms with Crippen molar-refractivity contribution in [3.63, 3.8) is 0 Å². The number of hydrogen-bond acceptors (Lipinski definition) is 4. The minimum atomic E-state index is -4.51. The van der Waals surface area contributed by atoms with Crippen LogP contribution < -0.4 is 5.32 Å². The second-order valence-corrected chi connectivity index (χ2v) is 10.9. The SMILES string of the molecule is O=C(Nc1cccc(C(F)(F)F)c1)c1ccc([C@@H]2C[C@H]2N(C(=O)O)C2CCS(=O)(=O)CC2)cc1. The number of rotatable bonds is 5. The molecule has 0 radical (unpaired) electrons. The fourth-order valence-corrected chi connectivity index (χ4v) is 5.90.